The zero-order valence-corrected chi connectivity index (χ0v) is 7.62. The lowest BCUT2D eigenvalue weighted by Gasteiger charge is -2.15. The van der Waals surface area contributed by atoms with Crippen molar-refractivity contribution in [2.24, 2.45) is 0 Å². The van der Waals surface area contributed by atoms with E-state index in [2.05, 4.69) is 11.2 Å². The normalized spacial score (nSPS) is 13.8. The van der Waals surface area contributed by atoms with Gasteiger partial charge in [-0.15, -0.1) is 12.3 Å². The maximum Gasteiger partial charge on any atom is 0.389 e. The molecule has 0 aliphatic rings. The second kappa shape index (κ2) is 5.87. The topological polar surface area (TPSA) is 12.0 Å². The fourth-order valence-corrected chi connectivity index (χ4v) is 1.03. The van der Waals surface area contributed by atoms with Gasteiger partial charge in [-0.3, -0.25) is 0 Å². The predicted molar refractivity (Wildman–Crippen MR) is 46.2 cm³/mol. The van der Waals surface area contributed by atoms with E-state index in [1.807, 2.05) is 0 Å². The second-order valence-corrected chi connectivity index (χ2v) is 2.88. The Hall–Kier alpha value is -0.690. The highest BCUT2D eigenvalue weighted by Crippen LogP contribution is 2.22. The highest BCUT2D eigenvalue weighted by atomic mass is 19.4. The van der Waals surface area contributed by atoms with Gasteiger partial charge in [-0.1, -0.05) is 0 Å². The van der Waals surface area contributed by atoms with Gasteiger partial charge in [0.05, 0.1) is 0 Å². The van der Waals surface area contributed by atoms with Gasteiger partial charge < -0.3 is 5.32 Å². The Kier molecular flexibility index (Phi) is 5.56. The van der Waals surface area contributed by atoms with E-state index in [9.17, 15) is 13.2 Å². The van der Waals surface area contributed by atoms with Gasteiger partial charge in [-0.05, 0) is 19.9 Å². The van der Waals surface area contributed by atoms with Crippen LogP contribution in [0.15, 0.2) is 0 Å². The Bertz CT molecular complexity index is 169. The molecule has 76 valence electrons. The fourth-order valence-electron chi connectivity index (χ4n) is 1.03. The summed E-state index contributed by atoms with van der Waals surface area (Å²) in [6.07, 6.45) is 1.42. The van der Waals surface area contributed by atoms with Crippen molar-refractivity contribution in [3.05, 3.63) is 0 Å². The molecule has 0 saturated heterocycles. The van der Waals surface area contributed by atoms with E-state index in [-0.39, 0.29) is 12.5 Å². The minimum atomic E-state index is -4.06. The van der Waals surface area contributed by atoms with Crippen LogP contribution in [0.2, 0.25) is 0 Å². The average molecular weight is 193 g/mol. The van der Waals surface area contributed by atoms with Gasteiger partial charge in [0.25, 0.3) is 0 Å². The van der Waals surface area contributed by atoms with Gasteiger partial charge in [0, 0.05) is 18.9 Å². The molecule has 1 N–H and O–H groups in total. The molecule has 4 heteroatoms. The first-order valence-corrected chi connectivity index (χ1v) is 4.17. The van der Waals surface area contributed by atoms with Crippen molar-refractivity contribution in [1.82, 2.24) is 5.32 Å². The summed E-state index contributed by atoms with van der Waals surface area (Å²) in [4.78, 5) is 0. The van der Waals surface area contributed by atoms with Crippen LogP contribution in [0, 0.1) is 12.3 Å². The van der Waals surface area contributed by atoms with Gasteiger partial charge >= 0.3 is 6.18 Å². The number of halogens is 3. The first kappa shape index (κ1) is 12.3. The molecule has 0 aliphatic heterocycles. The quantitative estimate of drug-likeness (QED) is 0.661. The first-order chi connectivity index (χ1) is 5.99. The zero-order valence-electron chi connectivity index (χ0n) is 7.62. The molecule has 0 rings (SSSR count). The van der Waals surface area contributed by atoms with Crippen LogP contribution in [0.25, 0.3) is 0 Å². The molecule has 0 bridgehead atoms. The highest BCUT2D eigenvalue weighted by molar-refractivity contribution is 4.85. The van der Waals surface area contributed by atoms with Crippen molar-refractivity contribution < 1.29 is 13.2 Å². The average Bonchev–Trinajstić information content (AvgIpc) is 2.03. The zero-order chi connectivity index (χ0) is 10.3. The minimum Gasteiger partial charge on any atom is -0.317 e. The Labute approximate surface area is 76.7 Å². The van der Waals surface area contributed by atoms with Gasteiger partial charge in [0.2, 0.25) is 0 Å². The van der Waals surface area contributed by atoms with Gasteiger partial charge in [0.15, 0.2) is 0 Å². The summed E-state index contributed by atoms with van der Waals surface area (Å²) in [6.45, 7) is 0. The number of terminal acetylenes is 1. The Balaban J connectivity index is 3.67. The molecule has 0 amide bonds. The summed E-state index contributed by atoms with van der Waals surface area (Å²) >= 11 is 0. The molecular weight excluding hydrogens is 179 g/mol. The van der Waals surface area contributed by atoms with E-state index < -0.39 is 12.6 Å². The predicted octanol–water partition coefficient (Wildman–Crippen LogP) is 2.33. The molecule has 1 atom stereocenters. The summed E-state index contributed by atoms with van der Waals surface area (Å²) in [6, 6.07) is -0.127. The van der Waals surface area contributed by atoms with E-state index in [1.54, 1.807) is 7.05 Å². The van der Waals surface area contributed by atoms with Crippen LogP contribution < -0.4 is 5.32 Å². The molecule has 0 aromatic heterocycles. The Morgan fingerprint density at radius 1 is 1.38 bits per heavy atom. The number of rotatable bonds is 5. The third-order valence-corrected chi connectivity index (χ3v) is 1.82. The molecule has 0 fully saturated rings. The molecule has 0 radical (unpaired) electrons. The lowest BCUT2D eigenvalue weighted by atomic mass is 10.1. The maximum atomic E-state index is 11.8. The van der Waals surface area contributed by atoms with Crippen molar-refractivity contribution in [3.8, 4) is 12.3 Å². The molecule has 1 unspecified atom stereocenters. The number of hydrogen-bond donors (Lipinski definition) is 1. The Morgan fingerprint density at radius 2 is 2.00 bits per heavy atom. The largest absolute Gasteiger partial charge is 0.389 e. The number of nitrogens with one attached hydrogen (secondary N) is 1. The van der Waals surface area contributed by atoms with E-state index in [0.29, 0.717) is 12.8 Å². The summed E-state index contributed by atoms with van der Waals surface area (Å²) in [5.74, 6) is 2.41. The summed E-state index contributed by atoms with van der Waals surface area (Å²) < 4.78 is 35.4. The maximum absolute atomic E-state index is 11.8. The second-order valence-electron chi connectivity index (χ2n) is 2.88. The van der Waals surface area contributed by atoms with Crippen LogP contribution in [0.1, 0.15) is 25.7 Å². The van der Waals surface area contributed by atoms with E-state index in [0.717, 1.165) is 0 Å². The van der Waals surface area contributed by atoms with Gasteiger partial charge in [-0.25, -0.2) is 0 Å². The molecule has 0 spiro atoms. The minimum absolute atomic E-state index is 0.0989. The molecular formula is C9H14F3N. The lowest BCUT2D eigenvalue weighted by Crippen LogP contribution is -2.26. The summed E-state index contributed by atoms with van der Waals surface area (Å²) in [5, 5.41) is 2.81. The third kappa shape index (κ3) is 7.66. The van der Waals surface area contributed by atoms with Crippen LogP contribution in [0.3, 0.4) is 0 Å². The van der Waals surface area contributed by atoms with Crippen LogP contribution >= 0.6 is 0 Å². The van der Waals surface area contributed by atoms with Crippen molar-refractivity contribution >= 4 is 0 Å². The van der Waals surface area contributed by atoms with E-state index in [1.165, 1.54) is 0 Å². The third-order valence-electron chi connectivity index (χ3n) is 1.82. The van der Waals surface area contributed by atoms with Gasteiger partial charge in [0.1, 0.15) is 0 Å². The molecule has 1 nitrogen and oxygen atoms in total. The van der Waals surface area contributed by atoms with Crippen LogP contribution in [0.5, 0.6) is 0 Å². The molecule has 0 aliphatic carbocycles. The van der Waals surface area contributed by atoms with Crippen LogP contribution in [0.4, 0.5) is 13.2 Å². The number of alkyl halides is 3. The molecule has 0 heterocycles. The van der Waals surface area contributed by atoms with Crippen molar-refractivity contribution in [2.75, 3.05) is 7.05 Å². The number of hydrogen-bond acceptors (Lipinski definition) is 1. The molecule has 0 aromatic carbocycles. The van der Waals surface area contributed by atoms with Crippen molar-refractivity contribution in [2.45, 2.75) is 37.9 Å². The lowest BCUT2D eigenvalue weighted by molar-refractivity contribution is -0.136. The highest BCUT2D eigenvalue weighted by Gasteiger charge is 2.27. The fraction of sp³-hybridized carbons (Fsp3) is 0.778. The molecule has 13 heavy (non-hydrogen) atoms. The summed E-state index contributed by atoms with van der Waals surface area (Å²) in [7, 11) is 1.65. The standard InChI is InChI=1S/C9H14F3N/c1-3-4-5-8(13-2)6-7-9(10,11)12/h1,8,13H,4-7H2,2H3. The van der Waals surface area contributed by atoms with Crippen molar-refractivity contribution in [3.63, 3.8) is 0 Å². The van der Waals surface area contributed by atoms with E-state index in [4.69, 9.17) is 6.42 Å². The molecule has 0 aromatic rings. The summed E-state index contributed by atoms with van der Waals surface area (Å²) in [5.41, 5.74) is 0. The van der Waals surface area contributed by atoms with Crippen molar-refractivity contribution in [1.29, 1.82) is 0 Å². The van der Waals surface area contributed by atoms with E-state index >= 15 is 0 Å². The van der Waals surface area contributed by atoms with Crippen LogP contribution in [-0.2, 0) is 0 Å². The van der Waals surface area contributed by atoms with Crippen LogP contribution in [-0.4, -0.2) is 19.3 Å². The smallest absolute Gasteiger partial charge is 0.317 e. The Morgan fingerprint density at radius 3 is 2.38 bits per heavy atom. The molecule has 0 saturated carbocycles. The monoisotopic (exact) mass is 193 g/mol. The van der Waals surface area contributed by atoms with Gasteiger partial charge in [-0.2, -0.15) is 13.2 Å². The SMILES string of the molecule is C#CCCC(CCC(F)(F)F)NC. The first-order valence-electron chi connectivity index (χ1n) is 4.17.